The number of rotatable bonds is 2. The summed E-state index contributed by atoms with van der Waals surface area (Å²) in [6, 6.07) is 7.75. The average Bonchev–Trinajstić information content (AvgIpc) is 2.93. The van der Waals surface area contributed by atoms with E-state index < -0.39 is 0 Å². The summed E-state index contributed by atoms with van der Waals surface area (Å²) in [6.07, 6.45) is 2.58. The van der Waals surface area contributed by atoms with Crippen molar-refractivity contribution in [3.05, 3.63) is 36.3 Å². The van der Waals surface area contributed by atoms with Crippen LogP contribution in [0.3, 0.4) is 0 Å². The number of nitrogens with zero attached hydrogens (tertiary/aromatic N) is 4. The number of carbonyl (C=O) groups is 1. The smallest absolute Gasteiger partial charge is 0.168 e. The maximum absolute atomic E-state index is 10.8. The van der Waals surface area contributed by atoms with Gasteiger partial charge in [0.25, 0.3) is 0 Å². The Bertz CT molecular complexity index is 739. The Morgan fingerprint density at radius 3 is 2.78 bits per heavy atom. The van der Waals surface area contributed by atoms with E-state index in [9.17, 15) is 4.79 Å². The standard InChI is InChI=1S/C13H12N4O/c1-16-8-14-12-5-9(3-4-13(12)16)11-6-10(7-18)17(2)15-11/h3-8H,1-2H3. The Balaban J connectivity index is 2.15. The van der Waals surface area contributed by atoms with Gasteiger partial charge in [-0.1, -0.05) is 6.07 Å². The minimum Gasteiger partial charge on any atom is -0.334 e. The lowest BCUT2D eigenvalue weighted by Gasteiger charge is -1.98. The van der Waals surface area contributed by atoms with Crippen LogP contribution in [-0.4, -0.2) is 25.6 Å². The van der Waals surface area contributed by atoms with Gasteiger partial charge in [0.1, 0.15) is 5.69 Å². The van der Waals surface area contributed by atoms with Crippen molar-refractivity contribution in [2.75, 3.05) is 0 Å². The van der Waals surface area contributed by atoms with E-state index >= 15 is 0 Å². The Morgan fingerprint density at radius 1 is 1.22 bits per heavy atom. The molecule has 0 bridgehead atoms. The molecule has 90 valence electrons. The van der Waals surface area contributed by atoms with E-state index in [2.05, 4.69) is 10.1 Å². The van der Waals surface area contributed by atoms with Crippen molar-refractivity contribution in [2.45, 2.75) is 0 Å². The first-order chi connectivity index (χ1) is 8.69. The first kappa shape index (κ1) is 10.7. The van der Waals surface area contributed by atoms with Gasteiger partial charge in [-0.3, -0.25) is 9.48 Å². The SMILES string of the molecule is Cn1nc(-c2ccc3c(c2)ncn3C)cc1C=O. The molecule has 0 amide bonds. The molecular formula is C13H12N4O. The number of fused-ring (bicyclic) bond motifs is 1. The third kappa shape index (κ3) is 1.52. The van der Waals surface area contributed by atoms with Gasteiger partial charge in [0.15, 0.2) is 6.29 Å². The van der Waals surface area contributed by atoms with Crippen LogP contribution in [0.1, 0.15) is 10.5 Å². The second-order valence-electron chi connectivity index (χ2n) is 4.25. The normalized spacial score (nSPS) is 11.0. The molecule has 0 aliphatic heterocycles. The van der Waals surface area contributed by atoms with Gasteiger partial charge >= 0.3 is 0 Å². The lowest BCUT2D eigenvalue weighted by Crippen LogP contribution is -1.95. The van der Waals surface area contributed by atoms with Crippen molar-refractivity contribution in [2.24, 2.45) is 14.1 Å². The molecule has 0 spiro atoms. The van der Waals surface area contributed by atoms with Crippen LogP contribution >= 0.6 is 0 Å². The number of hydrogen-bond donors (Lipinski definition) is 0. The summed E-state index contributed by atoms with van der Waals surface area (Å²) in [5.41, 5.74) is 4.31. The molecule has 0 saturated heterocycles. The fourth-order valence-electron chi connectivity index (χ4n) is 2.03. The molecule has 3 rings (SSSR count). The van der Waals surface area contributed by atoms with Crippen LogP contribution in [0, 0.1) is 0 Å². The predicted octanol–water partition coefficient (Wildman–Crippen LogP) is 1.79. The molecule has 0 atom stereocenters. The predicted molar refractivity (Wildman–Crippen MR) is 68.3 cm³/mol. The third-order valence-electron chi connectivity index (χ3n) is 3.06. The number of aromatic nitrogens is 4. The summed E-state index contributed by atoms with van der Waals surface area (Å²) >= 11 is 0. The van der Waals surface area contributed by atoms with Gasteiger partial charge < -0.3 is 4.57 Å². The topological polar surface area (TPSA) is 52.7 Å². The maximum atomic E-state index is 10.8. The summed E-state index contributed by atoms with van der Waals surface area (Å²) in [5, 5.41) is 4.32. The second kappa shape index (κ2) is 3.80. The number of hydrogen-bond acceptors (Lipinski definition) is 3. The van der Waals surface area contributed by atoms with Crippen LogP contribution in [0.2, 0.25) is 0 Å². The van der Waals surface area contributed by atoms with Crippen molar-refractivity contribution >= 4 is 17.3 Å². The van der Waals surface area contributed by atoms with E-state index in [1.807, 2.05) is 29.8 Å². The highest BCUT2D eigenvalue weighted by molar-refractivity contribution is 5.82. The molecule has 0 aliphatic rings. The van der Waals surface area contributed by atoms with Gasteiger partial charge in [-0.15, -0.1) is 0 Å². The summed E-state index contributed by atoms with van der Waals surface area (Å²) < 4.78 is 3.54. The Morgan fingerprint density at radius 2 is 2.06 bits per heavy atom. The number of aldehydes is 1. The second-order valence-corrected chi connectivity index (χ2v) is 4.25. The molecule has 5 heteroatoms. The van der Waals surface area contributed by atoms with Crippen LogP contribution in [0.25, 0.3) is 22.3 Å². The van der Waals surface area contributed by atoms with Gasteiger partial charge in [0.05, 0.1) is 23.1 Å². The van der Waals surface area contributed by atoms with Crippen LogP contribution in [-0.2, 0) is 14.1 Å². The van der Waals surface area contributed by atoms with Crippen LogP contribution in [0.15, 0.2) is 30.6 Å². The van der Waals surface area contributed by atoms with Gasteiger partial charge in [-0.2, -0.15) is 5.10 Å². The van der Waals surface area contributed by atoms with Crippen LogP contribution in [0.4, 0.5) is 0 Å². The zero-order chi connectivity index (χ0) is 12.7. The quantitative estimate of drug-likeness (QED) is 0.642. The van der Waals surface area contributed by atoms with Gasteiger partial charge in [0.2, 0.25) is 0 Å². The van der Waals surface area contributed by atoms with Crippen molar-refractivity contribution in [1.29, 1.82) is 0 Å². The lowest BCUT2D eigenvalue weighted by molar-refractivity contribution is 0.111. The van der Waals surface area contributed by atoms with Crippen molar-refractivity contribution in [1.82, 2.24) is 19.3 Å². The van der Waals surface area contributed by atoms with Crippen LogP contribution < -0.4 is 0 Å². The van der Waals surface area contributed by atoms with E-state index in [1.165, 1.54) is 0 Å². The zero-order valence-corrected chi connectivity index (χ0v) is 10.2. The first-order valence-corrected chi connectivity index (χ1v) is 5.60. The molecule has 5 nitrogen and oxygen atoms in total. The Hall–Kier alpha value is -2.43. The Kier molecular flexibility index (Phi) is 2.26. The molecule has 3 aromatic rings. The van der Waals surface area contributed by atoms with Crippen molar-refractivity contribution in [3.63, 3.8) is 0 Å². The minimum atomic E-state index is 0.561. The number of aryl methyl sites for hydroxylation is 2. The van der Waals surface area contributed by atoms with Gasteiger partial charge in [-0.25, -0.2) is 4.98 Å². The molecule has 0 aliphatic carbocycles. The molecule has 18 heavy (non-hydrogen) atoms. The largest absolute Gasteiger partial charge is 0.334 e. The molecule has 0 saturated carbocycles. The average molecular weight is 240 g/mol. The first-order valence-electron chi connectivity index (χ1n) is 5.60. The summed E-state index contributed by atoms with van der Waals surface area (Å²) in [5.74, 6) is 0. The van der Waals surface area contributed by atoms with E-state index in [0.717, 1.165) is 28.6 Å². The molecule has 0 fully saturated rings. The molecule has 2 heterocycles. The van der Waals surface area contributed by atoms with Gasteiger partial charge in [0, 0.05) is 19.7 Å². The van der Waals surface area contributed by atoms with E-state index in [-0.39, 0.29) is 0 Å². The van der Waals surface area contributed by atoms with E-state index in [4.69, 9.17) is 0 Å². The van der Waals surface area contributed by atoms with Crippen molar-refractivity contribution < 1.29 is 4.79 Å². The summed E-state index contributed by atoms with van der Waals surface area (Å²) in [6.45, 7) is 0. The van der Waals surface area contributed by atoms with E-state index in [1.54, 1.807) is 24.1 Å². The molecule has 2 aromatic heterocycles. The van der Waals surface area contributed by atoms with Gasteiger partial charge in [-0.05, 0) is 18.2 Å². The summed E-state index contributed by atoms with van der Waals surface area (Å²) in [4.78, 5) is 15.1. The molecule has 0 radical (unpaired) electrons. The highest BCUT2D eigenvalue weighted by Crippen LogP contribution is 2.22. The van der Waals surface area contributed by atoms with Crippen molar-refractivity contribution in [3.8, 4) is 11.3 Å². The number of benzene rings is 1. The fourth-order valence-corrected chi connectivity index (χ4v) is 2.03. The maximum Gasteiger partial charge on any atom is 0.168 e. The fraction of sp³-hybridized carbons (Fsp3) is 0.154. The number of carbonyl (C=O) groups excluding carboxylic acids is 1. The minimum absolute atomic E-state index is 0.561. The lowest BCUT2D eigenvalue weighted by atomic mass is 10.1. The molecular weight excluding hydrogens is 228 g/mol. The third-order valence-corrected chi connectivity index (χ3v) is 3.06. The summed E-state index contributed by atoms with van der Waals surface area (Å²) in [7, 11) is 3.72. The molecule has 1 aromatic carbocycles. The van der Waals surface area contributed by atoms with Crippen LogP contribution in [0.5, 0.6) is 0 Å². The highest BCUT2D eigenvalue weighted by atomic mass is 16.1. The Labute approximate surface area is 104 Å². The zero-order valence-electron chi connectivity index (χ0n) is 10.2. The molecule has 0 unspecified atom stereocenters. The van der Waals surface area contributed by atoms with E-state index in [0.29, 0.717) is 5.69 Å². The molecule has 0 N–H and O–H groups in total. The highest BCUT2D eigenvalue weighted by Gasteiger charge is 2.08. The monoisotopic (exact) mass is 240 g/mol. The number of imidazole rings is 1.